The number of methoxy groups -OCH3 is 1. The molecule has 4 rings (SSSR count). The number of benzene rings is 3. The Balaban J connectivity index is 1.86. The predicted molar refractivity (Wildman–Crippen MR) is 114 cm³/mol. The van der Waals surface area contributed by atoms with E-state index < -0.39 is 17.6 Å². The van der Waals surface area contributed by atoms with Gasteiger partial charge in [0.2, 0.25) is 0 Å². The smallest absolute Gasteiger partial charge is 0.282 e. The summed E-state index contributed by atoms with van der Waals surface area (Å²) in [5, 5.41) is 3.01. The van der Waals surface area contributed by atoms with Gasteiger partial charge in [-0.2, -0.15) is 0 Å². The summed E-state index contributed by atoms with van der Waals surface area (Å²) in [5.41, 5.74) is 2.70. The minimum absolute atomic E-state index is 0.109. The summed E-state index contributed by atoms with van der Waals surface area (Å²) in [4.78, 5) is 27.9. The summed E-state index contributed by atoms with van der Waals surface area (Å²) in [5.74, 6) is -0.872. The van der Waals surface area contributed by atoms with Gasteiger partial charge < -0.3 is 10.1 Å². The van der Waals surface area contributed by atoms with Crippen molar-refractivity contribution in [3.8, 4) is 5.75 Å². The molecule has 5 nitrogen and oxygen atoms in total. The van der Waals surface area contributed by atoms with Crippen molar-refractivity contribution in [2.75, 3.05) is 17.3 Å². The zero-order chi connectivity index (χ0) is 21.3. The Hall–Kier alpha value is -3.93. The van der Waals surface area contributed by atoms with Gasteiger partial charge in [0.15, 0.2) is 0 Å². The number of nitrogens with one attached hydrogen (secondary N) is 1. The van der Waals surface area contributed by atoms with Crippen molar-refractivity contribution in [1.82, 2.24) is 0 Å². The van der Waals surface area contributed by atoms with Gasteiger partial charge in [0, 0.05) is 11.3 Å². The minimum Gasteiger partial charge on any atom is -0.496 e. The predicted octanol–water partition coefficient (Wildman–Crippen LogP) is 4.54. The topological polar surface area (TPSA) is 58.6 Å². The van der Waals surface area contributed by atoms with Crippen LogP contribution in [0.15, 0.2) is 78.5 Å². The molecule has 30 heavy (non-hydrogen) atoms. The van der Waals surface area contributed by atoms with Gasteiger partial charge in [0.1, 0.15) is 17.3 Å². The lowest BCUT2D eigenvalue weighted by Gasteiger charge is -2.16. The van der Waals surface area contributed by atoms with Crippen molar-refractivity contribution < 1.29 is 18.7 Å². The maximum atomic E-state index is 13.4. The summed E-state index contributed by atoms with van der Waals surface area (Å²) >= 11 is 0. The quantitative estimate of drug-likeness (QED) is 0.637. The standard InChI is InChI=1S/C24H19FN2O3/c1-15-6-5-7-18(14-15)27-23(28)21(19-8-3-4-9-20(19)30-2)22(24(27)29)26-17-12-10-16(25)11-13-17/h3-14,26H,1-2H3. The third-order valence-electron chi connectivity index (χ3n) is 4.83. The van der Waals surface area contributed by atoms with Crippen LogP contribution in [-0.2, 0) is 9.59 Å². The molecule has 0 bridgehead atoms. The molecule has 0 spiro atoms. The second kappa shape index (κ2) is 7.83. The number of hydrogen-bond donors (Lipinski definition) is 1. The summed E-state index contributed by atoms with van der Waals surface area (Å²) in [6.45, 7) is 1.89. The molecule has 150 valence electrons. The minimum atomic E-state index is -0.490. The third kappa shape index (κ3) is 3.43. The van der Waals surface area contributed by atoms with Crippen LogP contribution in [0.5, 0.6) is 5.75 Å². The zero-order valence-corrected chi connectivity index (χ0v) is 16.5. The van der Waals surface area contributed by atoms with E-state index in [1.54, 1.807) is 42.5 Å². The van der Waals surface area contributed by atoms with E-state index in [1.807, 2.05) is 13.0 Å². The Morgan fingerprint density at radius 3 is 2.33 bits per heavy atom. The van der Waals surface area contributed by atoms with Gasteiger partial charge in [-0.25, -0.2) is 9.29 Å². The molecule has 1 heterocycles. The number of amides is 2. The fourth-order valence-corrected chi connectivity index (χ4v) is 3.43. The Kier molecular flexibility index (Phi) is 5.06. The van der Waals surface area contributed by atoms with Gasteiger partial charge in [-0.1, -0.05) is 30.3 Å². The van der Waals surface area contributed by atoms with Crippen LogP contribution < -0.4 is 15.0 Å². The summed E-state index contributed by atoms with van der Waals surface area (Å²) in [6.07, 6.45) is 0. The first kappa shape index (κ1) is 19.4. The van der Waals surface area contributed by atoms with Crippen LogP contribution in [0.1, 0.15) is 11.1 Å². The molecule has 0 fully saturated rings. The molecule has 0 radical (unpaired) electrons. The highest BCUT2D eigenvalue weighted by Gasteiger charge is 2.41. The monoisotopic (exact) mass is 402 g/mol. The maximum Gasteiger partial charge on any atom is 0.282 e. The lowest BCUT2D eigenvalue weighted by Crippen LogP contribution is -2.32. The molecule has 0 unspecified atom stereocenters. The molecule has 0 saturated carbocycles. The van der Waals surface area contributed by atoms with Gasteiger partial charge in [-0.05, 0) is 55.0 Å². The molecule has 1 aliphatic rings. The normalized spacial score (nSPS) is 13.8. The van der Waals surface area contributed by atoms with Gasteiger partial charge in [0.25, 0.3) is 11.8 Å². The molecular weight excluding hydrogens is 383 g/mol. The van der Waals surface area contributed by atoms with Crippen LogP contribution in [0, 0.1) is 12.7 Å². The van der Waals surface area contributed by atoms with Crippen LogP contribution in [0.25, 0.3) is 5.57 Å². The number of anilines is 2. The van der Waals surface area contributed by atoms with Crippen LogP contribution in [0.2, 0.25) is 0 Å². The first-order valence-corrected chi connectivity index (χ1v) is 9.35. The molecule has 3 aromatic carbocycles. The first-order valence-electron chi connectivity index (χ1n) is 9.35. The van der Waals surface area contributed by atoms with Crippen LogP contribution in [0.4, 0.5) is 15.8 Å². The Morgan fingerprint density at radius 2 is 1.63 bits per heavy atom. The first-order chi connectivity index (χ1) is 14.5. The molecule has 2 amide bonds. The Morgan fingerprint density at radius 1 is 0.900 bits per heavy atom. The largest absolute Gasteiger partial charge is 0.496 e. The number of halogens is 1. The lowest BCUT2D eigenvalue weighted by molar-refractivity contribution is -0.120. The molecule has 0 aromatic heterocycles. The van der Waals surface area contributed by atoms with E-state index in [-0.39, 0.29) is 11.3 Å². The number of imide groups is 1. The van der Waals surface area contributed by atoms with Crippen LogP contribution in [-0.4, -0.2) is 18.9 Å². The highest BCUT2D eigenvalue weighted by molar-refractivity contribution is 6.46. The van der Waals surface area contributed by atoms with Crippen molar-refractivity contribution in [2.45, 2.75) is 6.92 Å². The highest BCUT2D eigenvalue weighted by atomic mass is 19.1. The average molecular weight is 402 g/mol. The van der Waals surface area contributed by atoms with E-state index in [0.717, 1.165) is 10.5 Å². The highest BCUT2D eigenvalue weighted by Crippen LogP contribution is 2.37. The number of aryl methyl sites for hydroxylation is 1. The molecule has 0 saturated heterocycles. The van der Waals surface area contributed by atoms with Crippen molar-refractivity contribution in [2.24, 2.45) is 0 Å². The fraction of sp³-hybridized carbons (Fsp3) is 0.0833. The summed E-state index contributed by atoms with van der Waals surface area (Å²) in [6, 6.07) is 19.8. The van der Waals surface area contributed by atoms with Crippen LogP contribution in [0.3, 0.4) is 0 Å². The summed E-state index contributed by atoms with van der Waals surface area (Å²) in [7, 11) is 1.51. The molecule has 3 aromatic rings. The number of ether oxygens (including phenoxy) is 1. The molecular formula is C24H19FN2O3. The zero-order valence-electron chi connectivity index (χ0n) is 16.5. The number of rotatable bonds is 5. The lowest BCUT2D eigenvalue weighted by atomic mass is 10.0. The number of nitrogens with zero attached hydrogens (tertiary/aromatic N) is 1. The van der Waals surface area contributed by atoms with E-state index in [1.165, 1.54) is 31.4 Å². The van der Waals surface area contributed by atoms with E-state index in [2.05, 4.69) is 5.32 Å². The van der Waals surface area contributed by atoms with Crippen molar-refractivity contribution >= 4 is 28.8 Å². The van der Waals surface area contributed by atoms with Crippen molar-refractivity contribution in [3.05, 3.63) is 95.4 Å². The van der Waals surface area contributed by atoms with Crippen molar-refractivity contribution in [1.29, 1.82) is 0 Å². The van der Waals surface area contributed by atoms with Crippen LogP contribution >= 0.6 is 0 Å². The second-order valence-electron chi connectivity index (χ2n) is 6.87. The number of carbonyl (C=O) groups is 2. The average Bonchev–Trinajstić information content (AvgIpc) is 2.99. The molecule has 1 N–H and O–H groups in total. The number of hydrogen-bond acceptors (Lipinski definition) is 4. The molecule has 1 aliphatic heterocycles. The molecule has 0 atom stereocenters. The van der Waals surface area contributed by atoms with E-state index in [9.17, 15) is 14.0 Å². The maximum absolute atomic E-state index is 13.4. The van der Waals surface area contributed by atoms with Gasteiger partial charge in [0.05, 0.1) is 18.4 Å². The second-order valence-corrected chi connectivity index (χ2v) is 6.87. The van der Waals surface area contributed by atoms with Crippen molar-refractivity contribution in [3.63, 3.8) is 0 Å². The van der Waals surface area contributed by atoms with Gasteiger partial charge >= 0.3 is 0 Å². The van der Waals surface area contributed by atoms with E-state index in [4.69, 9.17) is 4.74 Å². The Labute approximate surface area is 173 Å². The van der Waals surface area contributed by atoms with Gasteiger partial charge in [-0.3, -0.25) is 9.59 Å². The van der Waals surface area contributed by atoms with Gasteiger partial charge in [-0.15, -0.1) is 0 Å². The van der Waals surface area contributed by atoms with E-state index >= 15 is 0 Å². The fourth-order valence-electron chi connectivity index (χ4n) is 3.43. The molecule has 6 heteroatoms. The SMILES string of the molecule is COc1ccccc1C1=C(Nc2ccc(F)cc2)C(=O)N(c2cccc(C)c2)C1=O. The van der Waals surface area contributed by atoms with E-state index in [0.29, 0.717) is 22.7 Å². The third-order valence-corrected chi connectivity index (χ3v) is 4.83. The molecule has 0 aliphatic carbocycles. The Bertz CT molecular complexity index is 1170. The number of carbonyl (C=O) groups excluding carboxylic acids is 2. The summed E-state index contributed by atoms with van der Waals surface area (Å²) < 4.78 is 18.7. The number of para-hydroxylation sites is 1.